The average Bonchev–Trinajstić information content (AvgIpc) is 2.78. The standard InChI is InChI=1S/C15H12ClN3O/c1-9-3-5-11(6-4-9)13-15(18-20)19-8-12(16)7-10(2)14(19)17-13/h3-8H,1-2H3. The van der Waals surface area contributed by atoms with Crippen LogP contribution in [0, 0.1) is 18.8 Å². The molecule has 2 heterocycles. The highest BCUT2D eigenvalue weighted by atomic mass is 35.5. The molecule has 0 unspecified atom stereocenters. The fourth-order valence-electron chi connectivity index (χ4n) is 2.25. The van der Waals surface area contributed by atoms with Crippen molar-refractivity contribution >= 4 is 23.1 Å². The first-order valence-corrected chi connectivity index (χ1v) is 6.56. The number of nitrogens with zero attached hydrogens (tertiary/aromatic N) is 3. The summed E-state index contributed by atoms with van der Waals surface area (Å²) in [5.41, 5.74) is 4.19. The lowest BCUT2D eigenvalue weighted by Crippen LogP contribution is -1.87. The van der Waals surface area contributed by atoms with Crippen molar-refractivity contribution in [1.82, 2.24) is 9.38 Å². The van der Waals surface area contributed by atoms with Gasteiger partial charge in [-0.25, -0.2) is 4.98 Å². The van der Waals surface area contributed by atoms with E-state index >= 15 is 0 Å². The van der Waals surface area contributed by atoms with E-state index in [0.29, 0.717) is 16.4 Å². The van der Waals surface area contributed by atoms with E-state index in [1.807, 2.05) is 44.2 Å². The maximum Gasteiger partial charge on any atom is 0.209 e. The van der Waals surface area contributed by atoms with Gasteiger partial charge in [-0.3, -0.25) is 4.40 Å². The Morgan fingerprint density at radius 1 is 1.20 bits per heavy atom. The van der Waals surface area contributed by atoms with Crippen molar-refractivity contribution in [3.63, 3.8) is 0 Å². The minimum absolute atomic E-state index is 0.273. The number of aromatic nitrogens is 2. The molecule has 0 saturated heterocycles. The highest BCUT2D eigenvalue weighted by molar-refractivity contribution is 6.30. The lowest BCUT2D eigenvalue weighted by Gasteiger charge is -1.99. The minimum atomic E-state index is 0.273. The normalized spacial score (nSPS) is 10.9. The number of halogens is 1. The Hall–Kier alpha value is -2.20. The largest absolute Gasteiger partial charge is 0.279 e. The lowest BCUT2D eigenvalue weighted by molar-refractivity contribution is 1.14. The van der Waals surface area contributed by atoms with Gasteiger partial charge < -0.3 is 0 Å². The first-order chi connectivity index (χ1) is 9.60. The van der Waals surface area contributed by atoms with E-state index in [9.17, 15) is 4.91 Å². The Bertz CT molecular complexity index is 806. The second-order valence-electron chi connectivity index (χ2n) is 4.78. The summed E-state index contributed by atoms with van der Waals surface area (Å²) in [4.78, 5) is 15.7. The van der Waals surface area contributed by atoms with Crippen LogP contribution in [0.4, 0.5) is 5.82 Å². The van der Waals surface area contributed by atoms with Gasteiger partial charge in [0.2, 0.25) is 5.82 Å². The van der Waals surface area contributed by atoms with Crippen molar-refractivity contribution in [2.45, 2.75) is 13.8 Å². The molecule has 1 aromatic carbocycles. The van der Waals surface area contributed by atoms with Gasteiger partial charge in [-0.05, 0) is 30.7 Å². The second-order valence-corrected chi connectivity index (χ2v) is 5.21. The van der Waals surface area contributed by atoms with Gasteiger partial charge in [-0.1, -0.05) is 41.4 Å². The molecule has 0 aliphatic carbocycles. The van der Waals surface area contributed by atoms with Crippen LogP contribution in [-0.4, -0.2) is 9.38 Å². The molecule has 0 spiro atoms. The predicted octanol–water partition coefficient (Wildman–Crippen LogP) is 4.67. The molecule has 0 aliphatic rings. The Labute approximate surface area is 121 Å². The van der Waals surface area contributed by atoms with Crippen LogP contribution in [-0.2, 0) is 0 Å². The quantitative estimate of drug-likeness (QED) is 0.642. The summed E-state index contributed by atoms with van der Waals surface area (Å²) in [6.07, 6.45) is 1.66. The number of imidazole rings is 1. The van der Waals surface area contributed by atoms with E-state index in [0.717, 1.165) is 16.7 Å². The SMILES string of the molecule is Cc1ccc(-c2nc3c(C)cc(Cl)cn3c2N=O)cc1. The molecule has 4 nitrogen and oxygen atoms in total. The van der Waals surface area contributed by atoms with Crippen LogP contribution >= 0.6 is 11.6 Å². The van der Waals surface area contributed by atoms with E-state index in [-0.39, 0.29) is 5.82 Å². The van der Waals surface area contributed by atoms with Crippen LogP contribution in [0.2, 0.25) is 5.02 Å². The Morgan fingerprint density at radius 3 is 2.55 bits per heavy atom. The molecule has 5 heteroatoms. The van der Waals surface area contributed by atoms with Gasteiger partial charge in [0.1, 0.15) is 11.3 Å². The van der Waals surface area contributed by atoms with Crippen LogP contribution in [0.3, 0.4) is 0 Å². The number of nitroso groups, excluding NO2 is 1. The van der Waals surface area contributed by atoms with Crippen molar-refractivity contribution in [2.75, 3.05) is 0 Å². The topological polar surface area (TPSA) is 46.7 Å². The number of hydrogen-bond donors (Lipinski definition) is 0. The zero-order valence-electron chi connectivity index (χ0n) is 11.1. The fraction of sp³-hybridized carbons (Fsp3) is 0.133. The van der Waals surface area contributed by atoms with Gasteiger partial charge in [-0.2, -0.15) is 0 Å². The average molecular weight is 286 g/mol. The Balaban J connectivity index is 2.33. The summed E-state index contributed by atoms with van der Waals surface area (Å²) in [5, 5.41) is 3.68. The zero-order chi connectivity index (χ0) is 14.3. The number of benzene rings is 1. The van der Waals surface area contributed by atoms with Gasteiger partial charge in [0, 0.05) is 11.8 Å². The zero-order valence-corrected chi connectivity index (χ0v) is 11.8. The molecule has 3 aromatic rings. The molecule has 0 saturated carbocycles. The molecule has 100 valence electrons. The molecule has 20 heavy (non-hydrogen) atoms. The summed E-state index contributed by atoms with van der Waals surface area (Å²) in [6.45, 7) is 3.91. The molecule has 0 bridgehead atoms. The van der Waals surface area contributed by atoms with Gasteiger partial charge in [0.05, 0.1) is 5.02 Å². The molecule has 0 radical (unpaired) electrons. The molecule has 0 aliphatic heterocycles. The molecule has 2 aromatic heterocycles. The molecule has 3 rings (SSSR count). The smallest absolute Gasteiger partial charge is 0.209 e. The van der Waals surface area contributed by atoms with Gasteiger partial charge in [0.25, 0.3) is 0 Å². The summed E-state index contributed by atoms with van der Waals surface area (Å²) >= 11 is 6.04. The van der Waals surface area contributed by atoms with E-state index in [1.54, 1.807) is 10.6 Å². The number of hydrogen-bond acceptors (Lipinski definition) is 3. The highest BCUT2D eigenvalue weighted by Crippen LogP contribution is 2.32. The van der Waals surface area contributed by atoms with Crippen LogP contribution in [0.1, 0.15) is 11.1 Å². The maximum atomic E-state index is 11.2. The molecular weight excluding hydrogens is 274 g/mol. The van der Waals surface area contributed by atoms with E-state index in [4.69, 9.17) is 11.6 Å². The number of rotatable bonds is 2. The van der Waals surface area contributed by atoms with E-state index in [2.05, 4.69) is 10.2 Å². The first kappa shape index (κ1) is 12.8. The van der Waals surface area contributed by atoms with Crippen molar-refractivity contribution in [2.24, 2.45) is 5.18 Å². The third kappa shape index (κ3) is 1.98. The summed E-state index contributed by atoms with van der Waals surface area (Å²) in [5.74, 6) is 0.273. The van der Waals surface area contributed by atoms with Crippen LogP contribution in [0.5, 0.6) is 0 Å². The Morgan fingerprint density at radius 2 is 1.90 bits per heavy atom. The van der Waals surface area contributed by atoms with Gasteiger partial charge >= 0.3 is 0 Å². The van der Waals surface area contributed by atoms with Crippen molar-refractivity contribution < 1.29 is 0 Å². The first-order valence-electron chi connectivity index (χ1n) is 6.19. The predicted molar refractivity (Wildman–Crippen MR) is 80.6 cm³/mol. The molecule has 0 amide bonds. The number of pyridine rings is 1. The molecule has 0 N–H and O–H groups in total. The summed E-state index contributed by atoms with van der Waals surface area (Å²) in [7, 11) is 0. The fourth-order valence-corrected chi connectivity index (χ4v) is 2.51. The maximum absolute atomic E-state index is 11.2. The second kappa shape index (κ2) is 4.72. The van der Waals surface area contributed by atoms with Crippen molar-refractivity contribution in [3.05, 3.63) is 57.6 Å². The highest BCUT2D eigenvalue weighted by Gasteiger charge is 2.16. The van der Waals surface area contributed by atoms with Crippen LogP contribution in [0.15, 0.2) is 41.7 Å². The van der Waals surface area contributed by atoms with E-state index in [1.165, 1.54) is 0 Å². The van der Waals surface area contributed by atoms with Crippen molar-refractivity contribution in [1.29, 1.82) is 0 Å². The molecule has 0 atom stereocenters. The summed E-state index contributed by atoms with van der Waals surface area (Å²) < 4.78 is 1.64. The van der Waals surface area contributed by atoms with Crippen LogP contribution < -0.4 is 0 Å². The van der Waals surface area contributed by atoms with Gasteiger partial charge in [0.15, 0.2) is 0 Å². The van der Waals surface area contributed by atoms with Crippen LogP contribution in [0.25, 0.3) is 16.9 Å². The monoisotopic (exact) mass is 285 g/mol. The van der Waals surface area contributed by atoms with Gasteiger partial charge in [-0.15, -0.1) is 4.91 Å². The number of fused-ring (bicyclic) bond motifs is 1. The third-order valence-corrected chi connectivity index (χ3v) is 3.46. The molecular formula is C15H12ClN3O. The molecule has 0 fully saturated rings. The van der Waals surface area contributed by atoms with E-state index < -0.39 is 0 Å². The lowest BCUT2D eigenvalue weighted by atomic mass is 10.1. The third-order valence-electron chi connectivity index (χ3n) is 3.26. The van der Waals surface area contributed by atoms with Crippen molar-refractivity contribution in [3.8, 4) is 11.3 Å². The Kier molecular flexibility index (Phi) is 3.03. The number of aryl methyl sites for hydroxylation is 2. The summed E-state index contributed by atoms with van der Waals surface area (Å²) in [6, 6.07) is 9.64. The minimum Gasteiger partial charge on any atom is -0.279 e.